The quantitative estimate of drug-likeness (QED) is 0.843. The van der Waals surface area contributed by atoms with Crippen molar-refractivity contribution < 1.29 is 19.1 Å². The molecule has 3 rings (SSSR count). The van der Waals surface area contributed by atoms with Crippen LogP contribution in [0.1, 0.15) is 5.56 Å². The summed E-state index contributed by atoms with van der Waals surface area (Å²) in [5, 5.41) is 6.19. The zero-order valence-corrected chi connectivity index (χ0v) is 15.0. The molecule has 0 aromatic heterocycles. The standard InChI is InChI=1S/C19H19ClN2O4/c1-25-11-18(23)21-15-3-5-16(6-4-15)22-19(24)13-8-12-9-14(20)2-7-17(12)26-10-13/h2-7,9,13H,8,10-11H2,1H3,(H,21,23)(H,22,24). The first-order valence-corrected chi connectivity index (χ1v) is 8.54. The molecule has 1 aliphatic rings. The van der Waals surface area contributed by atoms with Crippen LogP contribution in [0.5, 0.6) is 5.75 Å². The first-order chi connectivity index (χ1) is 12.5. The van der Waals surface area contributed by atoms with Crippen molar-refractivity contribution >= 4 is 34.8 Å². The second-order valence-electron chi connectivity index (χ2n) is 6.01. The van der Waals surface area contributed by atoms with E-state index < -0.39 is 0 Å². The molecule has 0 radical (unpaired) electrons. The minimum atomic E-state index is -0.290. The molecule has 1 atom stereocenters. The van der Waals surface area contributed by atoms with Crippen LogP contribution in [-0.4, -0.2) is 32.1 Å². The fourth-order valence-corrected chi connectivity index (χ4v) is 2.94. The molecule has 0 saturated heterocycles. The average Bonchev–Trinajstić information content (AvgIpc) is 2.63. The van der Waals surface area contributed by atoms with Crippen molar-refractivity contribution in [1.29, 1.82) is 0 Å². The molecule has 2 N–H and O–H groups in total. The Hall–Kier alpha value is -2.57. The number of fused-ring (bicyclic) bond motifs is 1. The summed E-state index contributed by atoms with van der Waals surface area (Å²) in [6.45, 7) is 0.317. The van der Waals surface area contributed by atoms with Gasteiger partial charge in [0, 0.05) is 23.5 Å². The Bertz CT molecular complexity index is 808. The second-order valence-corrected chi connectivity index (χ2v) is 6.45. The first kappa shape index (κ1) is 18.2. The number of rotatable bonds is 5. The molecule has 6 nitrogen and oxygen atoms in total. The van der Waals surface area contributed by atoms with Crippen molar-refractivity contribution in [1.82, 2.24) is 0 Å². The average molecular weight is 375 g/mol. The van der Waals surface area contributed by atoms with E-state index >= 15 is 0 Å². The van der Waals surface area contributed by atoms with Gasteiger partial charge in [-0.3, -0.25) is 9.59 Å². The fourth-order valence-electron chi connectivity index (χ4n) is 2.74. The number of carbonyl (C=O) groups is 2. The van der Waals surface area contributed by atoms with E-state index in [2.05, 4.69) is 10.6 Å². The van der Waals surface area contributed by atoms with E-state index in [0.29, 0.717) is 29.4 Å². The van der Waals surface area contributed by atoms with Crippen molar-refractivity contribution in [3.8, 4) is 5.75 Å². The van der Waals surface area contributed by atoms with Crippen LogP contribution < -0.4 is 15.4 Å². The van der Waals surface area contributed by atoms with Crippen LogP contribution in [0.2, 0.25) is 5.02 Å². The van der Waals surface area contributed by atoms with Crippen LogP contribution in [0, 0.1) is 5.92 Å². The lowest BCUT2D eigenvalue weighted by Crippen LogP contribution is -2.32. The van der Waals surface area contributed by atoms with Crippen molar-refractivity contribution in [2.45, 2.75) is 6.42 Å². The number of halogens is 1. The van der Waals surface area contributed by atoms with Gasteiger partial charge in [0.05, 0.1) is 5.92 Å². The summed E-state index contributed by atoms with van der Waals surface area (Å²) in [4.78, 5) is 24.0. The van der Waals surface area contributed by atoms with Gasteiger partial charge in [-0.25, -0.2) is 0 Å². The Morgan fingerprint density at radius 1 is 1.15 bits per heavy atom. The molecule has 136 valence electrons. The van der Waals surface area contributed by atoms with Gasteiger partial charge in [-0.2, -0.15) is 0 Å². The summed E-state index contributed by atoms with van der Waals surface area (Å²) in [7, 11) is 1.46. The second kappa shape index (κ2) is 8.21. The van der Waals surface area contributed by atoms with Gasteiger partial charge in [-0.15, -0.1) is 0 Å². The van der Waals surface area contributed by atoms with Crippen LogP contribution >= 0.6 is 11.6 Å². The maximum Gasteiger partial charge on any atom is 0.250 e. The number of hydrogen-bond acceptors (Lipinski definition) is 4. The lowest BCUT2D eigenvalue weighted by Gasteiger charge is -2.24. The van der Waals surface area contributed by atoms with Gasteiger partial charge < -0.3 is 20.1 Å². The van der Waals surface area contributed by atoms with E-state index in [1.165, 1.54) is 7.11 Å². The Morgan fingerprint density at radius 3 is 2.54 bits per heavy atom. The summed E-state index contributed by atoms with van der Waals surface area (Å²) in [5.41, 5.74) is 2.21. The summed E-state index contributed by atoms with van der Waals surface area (Å²) in [5.74, 6) is 0.129. The maximum atomic E-state index is 12.5. The lowest BCUT2D eigenvalue weighted by molar-refractivity contribution is -0.121. The third kappa shape index (κ3) is 4.53. The molecule has 0 saturated carbocycles. The highest BCUT2D eigenvalue weighted by Crippen LogP contribution is 2.30. The number of nitrogens with one attached hydrogen (secondary N) is 2. The molecular weight excluding hydrogens is 356 g/mol. The van der Waals surface area contributed by atoms with Gasteiger partial charge in [0.2, 0.25) is 11.8 Å². The highest BCUT2D eigenvalue weighted by Gasteiger charge is 2.26. The number of carbonyl (C=O) groups excluding carboxylic acids is 2. The number of methoxy groups -OCH3 is 1. The van der Waals surface area contributed by atoms with Gasteiger partial charge in [0.15, 0.2) is 0 Å². The monoisotopic (exact) mass is 374 g/mol. The van der Waals surface area contributed by atoms with Crippen LogP contribution in [-0.2, 0) is 20.7 Å². The van der Waals surface area contributed by atoms with Crippen molar-refractivity contribution in [3.05, 3.63) is 53.1 Å². The molecule has 1 unspecified atom stereocenters. The Kier molecular flexibility index (Phi) is 5.75. The van der Waals surface area contributed by atoms with E-state index in [-0.39, 0.29) is 24.3 Å². The first-order valence-electron chi connectivity index (χ1n) is 8.16. The summed E-state index contributed by atoms with van der Waals surface area (Å²) in [6.07, 6.45) is 0.576. The Morgan fingerprint density at radius 2 is 1.85 bits per heavy atom. The number of anilines is 2. The zero-order chi connectivity index (χ0) is 18.5. The van der Waals surface area contributed by atoms with Gasteiger partial charge in [0.25, 0.3) is 0 Å². The molecule has 0 fully saturated rings. The number of ether oxygens (including phenoxy) is 2. The summed E-state index contributed by atoms with van der Waals surface area (Å²) in [6, 6.07) is 12.3. The van der Waals surface area contributed by atoms with Crippen LogP contribution in [0.3, 0.4) is 0 Å². The van der Waals surface area contributed by atoms with Crippen molar-refractivity contribution in [3.63, 3.8) is 0 Å². The third-order valence-corrected chi connectivity index (χ3v) is 4.25. The zero-order valence-electron chi connectivity index (χ0n) is 14.3. The topological polar surface area (TPSA) is 76.7 Å². The number of benzene rings is 2. The van der Waals surface area contributed by atoms with Gasteiger partial charge in [-0.1, -0.05) is 11.6 Å². The molecule has 0 aliphatic carbocycles. The van der Waals surface area contributed by atoms with Gasteiger partial charge in [-0.05, 0) is 54.4 Å². The van der Waals surface area contributed by atoms with E-state index in [1.54, 1.807) is 30.3 Å². The fraction of sp³-hybridized carbons (Fsp3) is 0.263. The molecule has 1 heterocycles. The van der Waals surface area contributed by atoms with Crippen LogP contribution in [0.25, 0.3) is 0 Å². The molecule has 26 heavy (non-hydrogen) atoms. The van der Waals surface area contributed by atoms with Crippen LogP contribution in [0.15, 0.2) is 42.5 Å². The maximum absolute atomic E-state index is 12.5. The molecule has 1 aliphatic heterocycles. The van der Waals surface area contributed by atoms with Gasteiger partial charge in [0.1, 0.15) is 19.0 Å². The molecule has 2 aromatic carbocycles. The molecule has 2 amide bonds. The predicted octanol–water partition coefficient (Wildman–Crippen LogP) is 3.11. The summed E-state index contributed by atoms with van der Waals surface area (Å²) < 4.78 is 10.4. The number of amides is 2. The van der Waals surface area contributed by atoms with E-state index in [0.717, 1.165) is 11.3 Å². The van der Waals surface area contributed by atoms with E-state index in [9.17, 15) is 9.59 Å². The lowest BCUT2D eigenvalue weighted by atomic mass is 9.96. The molecule has 0 bridgehead atoms. The third-order valence-electron chi connectivity index (χ3n) is 4.01. The minimum absolute atomic E-state index is 0.00828. The highest BCUT2D eigenvalue weighted by atomic mass is 35.5. The van der Waals surface area contributed by atoms with Gasteiger partial charge >= 0.3 is 0 Å². The highest BCUT2D eigenvalue weighted by molar-refractivity contribution is 6.30. The van der Waals surface area contributed by atoms with E-state index in [1.807, 2.05) is 12.1 Å². The Balaban J connectivity index is 1.59. The molecular formula is C19H19ClN2O4. The largest absolute Gasteiger partial charge is 0.492 e. The SMILES string of the molecule is COCC(=O)Nc1ccc(NC(=O)C2COc3ccc(Cl)cc3C2)cc1. The molecule has 7 heteroatoms. The Labute approximate surface area is 156 Å². The predicted molar refractivity (Wildman–Crippen MR) is 99.7 cm³/mol. The molecule has 2 aromatic rings. The summed E-state index contributed by atoms with van der Waals surface area (Å²) >= 11 is 6.01. The smallest absolute Gasteiger partial charge is 0.250 e. The number of hydrogen-bond donors (Lipinski definition) is 2. The normalized spacial score (nSPS) is 15.5. The van der Waals surface area contributed by atoms with Crippen molar-refractivity contribution in [2.75, 3.05) is 31.0 Å². The minimum Gasteiger partial charge on any atom is -0.492 e. The molecule has 0 spiro atoms. The van der Waals surface area contributed by atoms with Crippen molar-refractivity contribution in [2.24, 2.45) is 5.92 Å². The van der Waals surface area contributed by atoms with E-state index in [4.69, 9.17) is 21.1 Å². The van der Waals surface area contributed by atoms with Crippen LogP contribution in [0.4, 0.5) is 11.4 Å².